The zero-order chi connectivity index (χ0) is 21.8. The van der Waals surface area contributed by atoms with E-state index in [1.807, 2.05) is 29.6 Å². The highest BCUT2D eigenvalue weighted by atomic mass is 35.5. The van der Waals surface area contributed by atoms with Crippen molar-refractivity contribution in [1.29, 1.82) is 0 Å². The van der Waals surface area contributed by atoms with E-state index in [4.69, 9.17) is 4.98 Å². The number of nitrogens with zero attached hydrogens (tertiary/aromatic N) is 3. The van der Waals surface area contributed by atoms with E-state index in [1.165, 1.54) is 16.9 Å². The molecule has 2 aromatic heterocycles. The molecule has 8 heteroatoms. The van der Waals surface area contributed by atoms with Gasteiger partial charge >= 0.3 is 0 Å². The average molecular weight is 480 g/mol. The summed E-state index contributed by atoms with van der Waals surface area (Å²) in [5, 5.41) is 9.31. The Morgan fingerprint density at radius 3 is 2.76 bits per heavy atom. The Labute approximate surface area is 203 Å². The molecule has 0 spiro atoms. The highest BCUT2D eigenvalue weighted by molar-refractivity contribution is 7.07. The number of benzene rings is 2. The molecule has 0 radical (unpaired) electrons. The number of halogens is 1. The van der Waals surface area contributed by atoms with E-state index in [2.05, 4.69) is 50.8 Å². The van der Waals surface area contributed by atoms with Crippen molar-refractivity contribution in [2.24, 2.45) is 0 Å². The zero-order valence-electron chi connectivity index (χ0n) is 18.2. The van der Waals surface area contributed by atoms with Crippen LogP contribution in [-0.4, -0.2) is 47.0 Å². The molecule has 2 N–H and O–H groups in total. The van der Waals surface area contributed by atoms with Crippen LogP contribution in [0.2, 0.25) is 0 Å². The summed E-state index contributed by atoms with van der Waals surface area (Å²) in [4.78, 5) is 24.1. The van der Waals surface area contributed by atoms with Crippen LogP contribution in [0.5, 0.6) is 0 Å². The second-order valence-electron chi connectivity index (χ2n) is 8.01. The fourth-order valence-electron chi connectivity index (χ4n) is 4.05. The summed E-state index contributed by atoms with van der Waals surface area (Å²) in [6.07, 6.45) is 0.258. The van der Waals surface area contributed by atoms with Gasteiger partial charge < -0.3 is 10.6 Å². The Morgan fingerprint density at radius 2 is 1.94 bits per heavy atom. The largest absolute Gasteiger partial charge is 0.324 e. The molecule has 4 aromatic rings. The first-order valence-electron chi connectivity index (χ1n) is 10.8. The first kappa shape index (κ1) is 23.3. The van der Waals surface area contributed by atoms with Gasteiger partial charge in [-0.2, -0.15) is 0 Å². The van der Waals surface area contributed by atoms with Gasteiger partial charge in [0.1, 0.15) is 0 Å². The number of pyridine rings is 1. The topological polar surface area (TPSA) is 70.2 Å². The lowest BCUT2D eigenvalue weighted by Crippen LogP contribution is -2.42. The van der Waals surface area contributed by atoms with Gasteiger partial charge in [0.15, 0.2) is 0 Å². The molecule has 1 amide bonds. The van der Waals surface area contributed by atoms with Crippen molar-refractivity contribution in [3.05, 3.63) is 76.7 Å². The highest BCUT2D eigenvalue weighted by Gasteiger charge is 2.12. The van der Waals surface area contributed by atoms with E-state index in [1.54, 1.807) is 5.51 Å². The first-order valence-corrected chi connectivity index (χ1v) is 11.8. The van der Waals surface area contributed by atoms with Crippen molar-refractivity contribution in [2.45, 2.75) is 13.0 Å². The number of aromatic nitrogens is 2. The highest BCUT2D eigenvalue weighted by Crippen LogP contribution is 2.27. The minimum Gasteiger partial charge on any atom is -0.324 e. The maximum absolute atomic E-state index is 12.5. The van der Waals surface area contributed by atoms with Gasteiger partial charge in [0.05, 0.1) is 34.5 Å². The van der Waals surface area contributed by atoms with E-state index >= 15 is 0 Å². The second kappa shape index (κ2) is 10.9. The summed E-state index contributed by atoms with van der Waals surface area (Å²) >= 11 is 1.49. The van der Waals surface area contributed by atoms with Crippen molar-refractivity contribution in [2.75, 3.05) is 31.5 Å². The Hall–Kier alpha value is -2.84. The molecule has 1 aliphatic rings. The van der Waals surface area contributed by atoms with E-state index < -0.39 is 0 Å². The number of para-hydroxylation sites is 1. The van der Waals surface area contributed by atoms with E-state index in [-0.39, 0.29) is 24.7 Å². The molecule has 2 aromatic carbocycles. The number of hydrogen-bond acceptors (Lipinski definition) is 6. The average Bonchev–Trinajstić information content (AvgIpc) is 3.33. The summed E-state index contributed by atoms with van der Waals surface area (Å²) in [5.74, 6) is -0.0892. The molecule has 5 rings (SSSR count). The van der Waals surface area contributed by atoms with Crippen molar-refractivity contribution < 1.29 is 4.79 Å². The molecule has 0 aliphatic carbocycles. The van der Waals surface area contributed by atoms with Crippen LogP contribution in [-0.2, 0) is 17.8 Å². The van der Waals surface area contributed by atoms with Gasteiger partial charge in [0.25, 0.3) is 0 Å². The predicted molar refractivity (Wildman–Crippen MR) is 137 cm³/mol. The van der Waals surface area contributed by atoms with Gasteiger partial charge in [0.2, 0.25) is 5.91 Å². The van der Waals surface area contributed by atoms with Crippen molar-refractivity contribution in [1.82, 2.24) is 20.2 Å². The van der Waals surface area contributed by atoms with Crippen LogP contribution in [0.4, 0.5) is 5.69 Å². The minimum atomic E-state index is -0.0892. The maximum Gasteiger partial charge on any atom is 0.230 e. The third-order valence-corrected chi connectivity index (χ3v) is 6.29. The standard InChI is InChI=1S/C25H25N5OS.ClH/c31-24(14-21-16-32-17-27-21)28-23-6-2-4-19-7-8-22(29-25(19)23)20-5-1-3-18(13-20)15-30-11-9-26-10-12-30;/h1-8,13,16-17,26H,9-12,14-15H2,(H,28,31);1H. The third kappa shape index (κ3) is 5.75. The maximum atomic E-state index is 12.5. The van der Waals surface area contributed by atoms with Gasteiger partial charge in [-0.25, -0.2) is 9.97 Å². The van der Waals surface area contributed by atoms with Gasteiger partial charge in [-0.1, -0.05) is 36.4 Å². The number of carbonyl (C=O) groups excluding carboxylic acids is 1. The van der Waals surface area contributed by atoms with Crippen LogP contribution >= 0.6 is 23.7 Å². The molecule has 1 fully saturated rings. The number of hydrogen-bond donors (Lipinski definition) is 2. The SMILES string of the molecule is Cl.O=C(Cc1cscn1)Nc1cccc2ccc(-c3cccc(CN4CCNCC4)c3)nc12. The quantitative estimate of drug-likeness (QED) is 0.430. The van der Waals surface area contributed by atoms with Gasteiger partial charge in [-0.05, 0) is 23.8 Å². The Kier molecular flexibility index (Phi) is 7.67. The monoisotopic (exact) mass is 479 g/mol. The van der Waals surface area contributed by atoms with E-state index in [9.17, 15) is 4.79 Å². The predicted octanol–water partition coefficient (Wildman–Crippen LogP) is 4.37. The van der Waals surface area contributed by atoms with Crippen LogP contribution in [0.3, 0.4) is 0 Å². The molecule has 6 nitrogen and oxygen atoms in total. The van der Waals surface area contributed by atoms with Crippen LogP contribution in [0.1, 0.15) is 11.3 Å². The molecule has 0 unspecified atom stereocenters. The molecule has 0 atom stereocenters. The summed E-state index contributed by atoms with van der Waals surface area (Å²) < 4.78 is 0. The van der Waals surface area contributed by atoms with Crippen molar-refractivity contribution in [3.8, 4) is 11.3 Å². The molecule has 170 valence electrons. The van der Waals surface area contributed by atoms with Crippen molar-refractivity contribution >= 4 is 46.2 Å². The number of thiazole rings is 1. The minimum absolute atomic E-state index is 0. The third-order valence-electron chi connectivity index (χ3n) is 5.66. The number of carbonyl (C=O) groups is 1. The Morgan fingerprint density at radius 1 is 1.09 bits per heavy atom. The van der Waals surface area contributed by atoms with Gasteiger partial charge in [0, 0.05) is 49.1 Å². The molecular weight excluding hydrogens is 454 g/mol. The number of amides is 1. The number of nitrogens with one attached hydrogen (secondary N) is 2. The molecule has 0 saturated carbocycles. The summed E-state index contributed by atoms with van der Waals surface area (Å²) in [6.45, 7) is 5.18. The molecule has 0 bridgehead atoms. The fraction of sp³-hybridized carbons (Fsp3) is 0.240. The van der Waals surface area contributed by atoms with E-state index in [0.29, 0.717) is 0 Å². The number of anilines is 1. The molecule has 1 saturated heterocycles. The smallest absolute Gasteiger partial charge is 0.230 e. The Bertz CT molecular complexity index is 1220. The fourth-order valence-corrected chi connectivity index (χ4v) is 4.61. The van der Waals surface area contributed by atoms with Crippen LogP contribution in [0.15, 0.2) is 65.5 Å². The Balaban J connectivity index is 0.00000259. The van der Waals surface area contributed by atoms with Crippen LogP contribution < -0.4 is 10.6 Å². The van der Waals surface area contributed by atoms with Crippen LogP contribution in [0, 0.1) is 0 Å². The molecule has 1 aliphatic heterocycles. The summed E-state index contributed by atoms with van der Waals surface area (Å²) in [5.41, 5.74) is 7.32. The lowest BCUT2D eigenvalue weighted by Gasteiger charge is -2.27. The first-order chi connectivity index (χ1) is 15.7. The van der Waals surface area contributed by atoms with E-state index in [0.717, 1.165) is 66.3 Å². The second-order valence-corrected chi connectivity index (χ2v) is 8.72. The zero-order valence-corrected chi connectivity index (χ0v) is 19.8. The molecule has 3 heterocycles. The normalized spacial score (nSPS) is 14.1. The summed E-state index contributed by atoms with van der Waals surface area (Å²) in [6, 6.07) is 18.6. The van der Waals surface area contributed by atoms with Crippen molar-refractivity contribution in [3.63, 3.8) is 0 Å². The van der Waals surface area contributed by atoms with Crippen LogP contribution in [0.25, 0.3) is 22.2 Å². The lowest BCUT2D eigenvalue weighted by molar-refractivity contribution is -0.115. The lowest BCUT2D eigenvalue weighted by atomic mass is 10.1. The number of piperazine rings is 1. The summed E-state index contributed by atoms with van der Waals surface area (Å²) in [7, 11) is 0. The number of rotatable bonds is 6. The number of fused-ring (bicyclic) bond motifs is 1. The van der Waals surface area contributed by atoms with Gasteiger partial charge in [-0.3, -0.25) is 9.69 Å². The molecule has 33 heavy (non-hydrogen) atoms. The molecular formula is C25H26ClN5OS. The van der Waals surface area contributed by atoms with Gasteiger partial charge in [-0.15, -0.1) is 23.7 Å².